The molecule has 0 saturated heterocycles. The van der Waals surface area contributed by atoms with E-state index in [4.69, 9.17) is 20.0 Å². The van der Waals surface area contributed by atoms with Crippen LogP contribution < -0.4 is 9.47 Å². The van der Waals surface area contributed by atoms with Crippen LogP contribution >= 0.6 is 0 Å². The van der Waals surface area contributed by atoms with Gasteiger partial charge in [-0.3, -0.25) is 0 Å². The summed E-state index contributed by atoms with van der Waals surface area (Å²) in [5.41, 5.74) is 7.92. The molecule has 0 aromatic heterocycles. The Hall–Kier alpha value is -2.98. The molecule has 2 unspecified atom stereocenters. The van der Waals surface area contributed by atoms with E-state index in [0.29, 0.717) is 16.9 Å². The molecule has 4 aliphatic carbocycles. The van der Waals surface area contributed by atoms with E-state index in [0.717, 1.165) is 28.7 Å². The Labute approximate surface area is 216 Å². The second-order valence-electron chi connectivity index (χ2n) is 12.9. The number of nitriles is 2. The molecular formula is C32H38N2O2. The minimum atomic E-state index is 0.114. The molecule has 0 heterocycles. The quantitative estimate of drug-likeness (QED) is 0.391. The van der Waals surface area contributed by atoms with Crippen LogP contribution in [0.15, 0.2) is 24.3 Å². The van der Waals surface area contributed by atoms with Gasteiger partial charge in [0, 0.05) is 0 Å². The molecule has 0 aliphatic heterocycles. The van der Waals surface area contributed by atoms with Crippen LogP contribution in [-0.2, 0) is 10.8 Å². The van der Waals surface area contributed by atoms with Crippen molar-refractivity contribution >= 4 is 0 Å². The Balaban J connectivity index is 1.69. The maximum absolute atomic E-state index is 9.15. The van der Waals surface area contributed by atoms with E-state index in [1.54, 1.807) is 0 Å². The normalized spacial score (nSPS) is 32.1. The van der Waals surface area contributed by atoms with E-state index >= 15 is 0 Å². The minimum absolute atomic E-state index is 0.114. The van der Waals surface area contributed by atoms with Crippen molar-refractivity contribution in [3.63, 3.8) is 0 Å². The first kappa shape index (κ1) is 24.7. The van der Waals surface area contributed by atoms with Crippen molar-refractivity contribution in [2.45, 2.75) is 104 Å². The van der Waals surface area contributed by atoms with Gasteiger partial charge >= 0.3 is 0 Å². The predicted molar refractivity (Wildman–Crippen MR) is 141 cm³/mol. The summed E-state index contributed by atoms with van der Waals surface area (Å²) in [7, 11) is 0. The summed E-state index contributed by atoms with van der Waals surface area (Å²) < 4.78 is 10.7. The van der Waals surface area contributed by atoms with Crippen molar-refractivity contribution < 1.29 is 9.47 Å². The fourth-order valence-corrected chi connectivity index (χ4v) is 9.71. The molecule has 2 atom stereocenters. The predicted octanol–water partition coefficient (Wildman–Crippen LogP) is 7.99. The average molecular weight is 483 g/mol. The van der Waals surface area contributed by atoms with Crippen molar-refractivity contribution in [2.24, 2.45) is 10.8 Å². The van der Waals surface area contributed by atoms with Crippen LogP contribution in [0.2, 0.25) is 0 Å². The van der Waals surface area contributed by atoms with Crippen molar-refractivity contribution in [3.05, 3.63) is 57.6 Å². The highest BCUT2D eigenvalue weighted by molar-refractivity contribution is 5.51. The number of benzene rings is 2. The first-order valence-electron chi connectivity index (χ1n) is 13.4. The van der Waals surface area contributed by atoms with Gasteiger partial charge in [0.05, 0.1) is 0 Å². The molecule has 2 aromatic carbocycles. The van der Waals surface area contributed by atoms with Crippen molar-refractivity contribution in [1.29, 1.82) is 10.5 Å². The second kappa shape index (κ2) is 8.27. The average Bonchev–Trinajstić information content (AvgIpc) is 2.77. The molecule has 0 spiro atoms. The maximum Gasteiger partial charge on any atom is 0.292 e. The second-order valence-corrected chi connectivity index (χ2v) is 12.9. The van der Waals surface area contributed by atoms with Crippen LogP contribution in [0.1, 0.15) is 98.6 Å². The molecule has 188 valence electrons. The molecule has 4 bridgehead atoms. The van der Waals surface area contributed by atoms with E-state index in [2.05, 4.69) is 65.8 Å². The van der Waals surface area contributed by atoms with E-state index < -0.39 is 0 Å². The summed E-state index contributed by atoms with van der Waals surface area (Å²) in [4.78, 5) is 0. The molecule has 4 heteroatoms. The van der Waals surface area contributed by atoms with Gasteiger partial charge in [-0.15, -0.1) is 10.5 Å². The summed E-state index contributed by atoms with van der Waals surface area (Å²) in [5, 5.41) is 18.3. The van der Waals surface area contributed by atoms with Crippen LogP contribution in [-0.4, -0.2) is 0 Å². The van der Waals surface area contributed by atoms with Crippen LogP contribution in [0.4, 0.5) is 0 Å². The number of hydrogen-bond acceptors (Lipinski definition) is 4. The molecule has 6 rings (SSSR count). The lowest BCUT2D eigenvalue weighted by Crippen LogP contribution is -2.63. The van der Waals surface area contributed by atoms with Crippen LogP contribution in [0.5, 0.6) is 11.5 Å². The SMILES string of the molecule is CCCC12CC3(C)CC(c4cc(C)c(OC#N)c(C)c4)(C1)CC(c1cc(C)c(OC#N)c(C)c1)(C3)C2. The summed E-state index contributed by atoms with van der Waals surface area (Å²) in [6.07, 6.45) is 13.6. The largest absolute Gasteiger partial charge is 0.387 e. The van der Waals surface area contributed by atoms with Gasteiger partial charge in [0.15, 0.2) is 0 Å². The zero-order valence-corrected chi connectivity index (χ0v) is 22.7. The standard InChI is InChI=1S/C32H38N2O2/c1-7-8-30-13-29(6)14-31(16-30,25-9-21(2)27(35-19-33)22(3)10-25)18-32(15-29,17-30)26-11-23(4)28(36-20-34)24(5)12-26/h9-12H,7-8,13-18H2,1-6H3. The van der Waals surface area contributed by atoms with E-state index in [9.17, 15) is 0 Å². The molecule has 4 aliphatic rings. The van der Waals surface area contributed by atoms with Gasteiger partial charge in [-0.1, -0.05) is 44.5 Å². The van der Waals surface area contributed by atoms with Gasteiger partial charge < -0.3 is 9.47 Å². The molecular weight excluding hydrogens is 444 g/mol. The van der Waals surface area contributed by atoms with Gasteiger partial charge in [0.1, 0.15) is 11.5 Å². The van der Waals surface area contributed by atoms with E-state index in [1.165, 1.54) is 56.1 Å². The lowest BCUT2D eigenvalue weighted by Gasteiger charge is -2.71. The molecule has 0 amide bonds. The van der Waals surface area contributed by atoms with Gasteiger partial charge in [0.2, 0.25) is 0 Å². The molecule has 4 nitrogen and oxygen atoms in total. The maximum atomic E-state index is 9.15. The first-order valence-corrected chi connectivity index (χ1v) is 13.4. The third-order valence-corrected chi connectivity index (χ3v) is 9.66. The summed E-state index contributed by atoms with van der Waals surface area (Å²) >= 11 is 0. The van der Waals surface area contributed by atoms with Gasteiger partial charge in [-0.25, -0.2) is 0 Å². The van der Waals surface area contributed by atoms with Gasteiger partial charge in [0.25, 0.3) is 12.5 Å². The third kappa shape index (κ3) is 3.69. The Kier molecular flexibility index (Phi) is 5.68. The lowest BCUT2D eigenvalue weighted by molar-refractivity contribution is -0.138. The molecule has 2 aromatic rings. The number of rotatable bonds is 6. The number of nitrogens with zero attached hydrogens (tertiary/aromatic N) is 2. The zero-order chi connectivity index (χ0) is 25.9. The Morgan fingerprint density at radius 2 is 1.11 bits per heavy atom. The zero-order valence-electron chi connectivity index (χ0n) is 22.7. The topological polar surface area (TPSA) is 66.0 Å². The van der Waals surface area contributed by atoms with Crippen LogP contribution in [0, 0.1) is 61.6 Å². The van der Waals surface area contributed by atoms with E-state index in [-0.39, 0.29) is 16.2 Å². The molecule has 0 radical (unpaired) electrons. The highest BCUT2D eigenvalue weighted by Gasteiger charge is 2.67. The Morgan fingerprint density at radius 1 is 0.694 bits per heavy atom. The fourth-order valence-electron chi connectivity index (χ4n) is 9.71. The summed E-state index contributed by atoms with van der Waals surface area (Å²) in [5.74, 6) is 1.41. The van der Waals surface area contributed by atoms with E-state index in [1.807, 2.05) is 12.5 Å². The van der Waals surface area contributed by atoms with Crippen molar-refractivity contribution in [1.82, 2.24) is 0 Å². The minimum Gasteiger partial charge on any atom is -0.387 e. The molecule has 4 fully saturated rings. The highest BCUT2D eigenvalue weighted by atomic mass is 16.5. The third-order valence-electron chi connectivity index (χ3n) is 9.66. The van der Waals surface area contributed by atoms with Crippen molar-refractivity contribution in [3.8, 4) is 24.0 Å². The monoisotopic (exact) mass is 482 g/mol. The first-order chi connectivity index (χ1) is 17.0. The Morgan fingerprint density at radius 3 is 1.47 bits per heavy atom. The van der Waals surface area contributed by atoms with Gasteiger partial charge in [-0.05, 0) is 128 Å². The lowest BCUT2D eigenvalue weighted by atomic mass is 9.33. The molecule has 4 saturated carbocycles. The Bertz CT molecular complexity index is 1180. The fraction of sp³-hybridized carbons (Fsp3) is 0.562. The van der Waals surface area contributed by atoms with Crippen LogP contribution in [0.3, 0.4) is 0 Å². The number of hydrogen-bond donors (Lipinski definition) is 0. The van der Waals surface area contributed by atoms with Crippen molar-refractivity contribution in [2.75, 3.05) is 0 Å². The van der Waals surface area contributed by atoms with Crippen LogP contribution in [0.25, 0.3) is 0 Å². The number of ether oxygens (including phenoxy) is 2. The highest BCUT2D eigenvalue weighted by Crippen LogP contribution is 2.75. The summed E-state index contributed by atoms with van der Waals surface area (Å²) in [6, 6.07) is 9.24. The number of aryl methyl sites for hydroxylation is 4. The van der Waals surface area contributed by atoms with Gasteiger partial charge in [-0.2, -0.15) is 0 Å². The smallest absolute Gasteiger partial charge is 0.292 e. The summed E-state index contributed by atoms with van der Waals surface area (Å²) in [6.45, 7) is 13.2. The molecule has 0 N–H and O–H groups in total. The molecule has 36 heavy (non-hydrogen) atoms.